The number of amides is 1. The second kappa shape index (κ2) is 7.00. The molecule has 0 atom stereocenters. The summed E-state index contributed by atoms with van der Waals surface area (Å²) in [6, 6.07) is 11.2. The van der Waals surface area contributed by atoms with Crippen LogP contribution in [0.5, 0.6) is 5.75 Å². The number of anilines is 1. The van der Waals surface area contributed by atoms with Crippen molar-refractivity contribution in [3.05, 3.63) is 52.6 Å². The summed E-state index contributed by atoms with van der Waals surface area (Å²) in [4.78, 5) is 21.0. The van der Waals surface area contributed by atoms with Crippen LogP contribution in [0.1, 0.15) is 10.4 Å². The Hall–Kier alpha value is -2.08. The van der Waals surface area contributed by atoms with E-state index in [1.807, 2.05) is 41.3 Å². The van der Waals surface area contributed by atoms with Crippen molar-refractivity contribution in [3.8, 4) is 5.75 Å². The van der Waals surface area contributed by atoms with E-state index >= 15 is 0 Å². The Morgan fingerprint density at radius 3 is 2.35 bits per heavy atom. The van der Waals surface area contributed by atoms with Crippen LogP contribution >= 0.6 is 15.9 Å². The zero-order valence-corrected chi connectivity index (χ0v) is 14.5. The number of benzene rings is 1. The Bertz CT molecular complexity index is 665. The third-order valence-corrected chi connectivity index (χ3v) is 4.41. The van der Waals surface area contributed by atoms with Gasteiger partial charge in [0.1, 0.15) is 11.6 Å². The fraction of sp³-hybridized carbons (Fsp3) is 0.294. The van der Waals surface area contributed by atoms with E-state index in [1.54, 1.807) is 13.3 Å². The number of halogens is 1. The third kappa shape index (κ3) is 3.64. The van der Waals surface area contributed by atoms with Crippen LogP contribution in [0.2, 0.25) is 0 Å². The normalized spacial score (nSPS) is 14.7. The quantitative estimate of drug-likeness (QED) is 0.827. The molecule has 1 saturated heterocycles. The van der Waals surface area contributed by atoms with Gasteiger partial charge in [-0.25, -0.2) is 4.98 Å². The van der Waals surface area contributed by atoms with Crippen LogP contribution in [0.4, 0.5) is 5.82 Å². The topological polar surface area (TPSA) is 45.7 Å². The highest BCUT2D eigenvalue weighted by atomic mass is 79.9. The van der Waals surface area contributed by atoms with Gasteiger partial charge in [0.15, 0.2) is 0 Å². The zero-order chi connectivity index (χ0) is 16.2. The van der Waals surface area contributed by atoms with Gasteiger partial charge in [0.25, 0.3) is 5.91 Å². The molecule has 1 aromatic heterocycles. The van der Waals surface area contributed by atoms with E-state index in [2.05, 4.69) is 25.8 Å². The summed E-state index contributed by atoms with van der Waals surface area (Å²) in [7, 11) is 1.62. The lowest BCUT2D eigenvalue weighted by molar-refractivity contribution is 0.0746. The number of pyridine rings is 1. The van der Waals surface area contributed by atoms with Crippen molar-refractivity contribution in [2.45, 2.75) is 0 Å². The standard InChI is InChI=1S/C17H18BrN3O2/c1-23-15-5-2-13(3-6-15)17(22)21-10-8-20(9-11-21)16-7-4-14(18)12-19-16/h2-7,12H,8-11H2,1H3. The minimum absolute atomic E-state index is 0.0658. The average molecular weight is 376 g/mol. The summed E-state index contributed by atoms with van der Waals surface area (Å²) in [5.41, 5.74) is 0.695. The van der Waals surface area contributed by atoms with Gasteiger partial charge in [0, 0.05) is 42.4 Å². The van der Waals surface area contributed by atoms with Crippen LogP contribution in [0.15, 0.2) is 47.1 Å². The smallest absolute Gasteiger partial charge is 0.253 e. The molecule has 120 valence electrons. The lowest BCUT2D eigenvalue weighted by atomic mass is 10.1. The number of aromatic nitrogens is 1. The van der Waals surface area contributed by atoms with E-state index in [9.17, 15) is 4.79 Å². The molecule has 2 heterocycles. The molecule has 0 bridgehead atoms. The van der Waals surface area contributed by atoms with E-state index in [4.69, 9.17) is 4.74 Å². The highest BCUT2D eigenvalue weighted by Gasteiger charge is 2.22. The molecule has 23 heavy (non-hydrogen) atoms. The van der Waals surface area contributed by atoms with Crippen LogP contribution < -0.4 is 9.64 Å². The van der Waals surface area contributed by atoms with E-state index in [-0.39, 0.29) is 5.91 Å². The van der Waals surface area contributed by atoms with Gasteiger partial charge in [0.2, 0.25) is 0 Å². The summed E-state index contributed by atoms with van der Waals surface area (Å²) in [6.07, 6.45) is 1.80. The molecule has 1 aliphatic heterocycles. The summed E-state index contributed by atoms with van der Waals surface area (Å²) >= 11 is 3.39. The number of ether oxygens (including phenoxy) is 1. The summed E-state index contributed by atoms with van der Waals surface area (Å²) in [5, 5.41) is 0. The van der Waals surface area contributed by atoms with Gasteiger partial charge >= 0.3 is 0 Å². The van der Waals surface area contributed by atoms with Crippen LogP contribution in [0.3, 0.4) is 0 Å². The molecular weight excluding hydrogens is 358 g/mol. The highest BCUT2D eigenvalue weighted by Crippen LogP contribution is 2.18. The van der Waals surface area contributed by atoms with Crippen LogP contribution in [0.25, 0.3) is 0 Å². The fourth-order valence-corrected chi connectivity index (χ4v) is 2.84. The molecule has 0 saturated carbocycles. The SMILES string of the molecule is COc1ccc(C(=O)N2CCN(c3ccc(Br)cn3)CC2)cc1. The number of rotatable bonds is 3. The monoisotopic (exact) mass is 375 g/mol. The summed E-state index contributed by atoms with van der Waals surface area (Å²) in [6.45, 7) is 2.97. The molecule has 2 aromatic rings. The Morgan fingerprint density at radius 2 is 1.78 bits per heavy atom. The maximum absolute atomic E-state index is 12.5. The number of nitrogens with zero attached hydrogens (tertiary/aromatic N) is 3. The molecule has 0 unspecified atom stereocenters. The highest BCUT2D eigenvalue weighted by molar-refractivity contribution is 9.10. The summed E-state index contributed by atoms with van der Waals surface area (Å²) < 4.78 is 6.09. The number of piperazine rings is 1. The summed E-state index contributed by atoms with van der Waals surface area (Å²) in [5.74, 6) is 1.77. The first-order valence-electron chi connectivity index (χ1n) is 7.47. The molecule has 3 rings (SSSR count). The van der Waals surface area contributed by atoms with Gasteiger partial charge in [-0.2, -0.15) is 0 Å². The zero-order valence-electron chi connectivity index (χ0n) is 12.9. The lowest BCUT2D eigenvalue weighted by Gasteiger charge is -2.35. The Kier molecular flexibility index (Phi) is 4.81. The first kappa shape index (κ1) is 15.8. The van der Waals surface area contributed by atoms with E-state index in [1.165, 1.54) is 0 Å². The van der Waals surface area contributed by atoms with Crippen molar-refractivity contribution in [3.63, 3.8) is 0 Å². The molecule has 5 nitrogen and oxygen atoms in total. The first-order chi connectivity index (χ1) is 11.2. The van der Waals surface area contributed by atoms with Gasteiger partial charge < -0.3 is 14.5 Å². The van der Waals surface area contributed by atoms with E-state index in [0.29, 0.717) is 18.7 Å². The van der Waals surface area contributed by atoms with Crippen LogP contribution in [-0.4, -0.2) is 49.1 Å². The molecule has 6 heteroatoms. The molecule has 0 radical (unpaired) electrons. The van der Waals surface area contributed by atoms with Crippen molar-refractivity contribution in [2.75, 3.05) is 38.2 Å². The number of methoxy groups -OCH3 is 1. The molecule has 0 spiro atoms. The van der Waals surface area contributed by atoms with Gasteiger partial charge in [-0.15, -0.1) is 0 Å². The van der Waals surface area contributed by atoms with Crippen LogP contribution in [0, 0.1) is 0 Å². The van der Waals surface area contributed by atoms with Gasteiger partial charge in [0.05, 0.1) is 7.11 Å². The third-order valence-electron chi connectivity index (χ3n) is 3.94. The van der Waals surface area contributed by atoms with Gasteiger partial charge in [-0.1, -0.05) is 0 Å². The number of hydrogen-bond donors (Lipinski definition) is 0. The second-order valence-corrected chi connectivity index (χ2v) is 6.26. The Morgan fingerprint density at radius 1 is 1.09 bits per heavy atom. The van der Waals surface area contributed by atoms with Gasteiger partial charge in [-0.3, -0.25) is 4.79 Å². The minimum Gasteiger partial charge on any atom is -0.497 e. The van der Waals surface area contributed by atoms with Gasteiger partial charge in [-0.05, 0) is 52.3 Å². The molecule has 0 aliphatic carbocycles. The fourth-order valence-electron chi connectivity index (χ4n) is 2.61. The second-order valence-electron chi connectivity index (χ2n) is 5.34. The molecule has 1 aliphatic rings. The van der Waals surface area contributed by atoms with E-state index < -0.39 is 0 Å². The first-order valence-corrected chi connectivity index (χ1v) is 8.26. The molecule has 0 N–H and O–H groups in total. The van der Waals surface area contributed by atoms with Crippen molar-refractivity contribution in [1.29, 1.82) is 0 Å². The van der Waals surface area contributed by atoms with Crippen LogP contribution in [-0.2, 0) is 0 Å². The van der Waals surface area contributed by atoms with Crippen molar-refractivity contribution in [1.82, 2.24) is 9.88 Å². The Balaban J connectivity index is 1.61. The predicted octanol–water partition coefficient (Wildman–Crippen LogP) is 2.82. The van der Waals surface area contributed by atoms with Crippen molar-refractivity contribution >= 4 is 27.7 Å². The van der Waals surface area contributed by atoms with E-state index in [0.717, 1.165) is 29.1 Å². The lowest BCUT2D eigenvalue weighted by Crippen LogP contribution is -2.49. The maximum atomic E-state index is 12.5. The number of carbonyl (C=O) groups excluding carboxylic acids is 1. The predicted molar refractivity (Wildman–Crippen MR) is 93.0 cm³/mol. The molecule has 1 aromatic carbocycles. The Labute approximate surface area is 144 Å². The minimum atomic E-state index is 0.0658. The largest absolute Gasteiger partial charge is 0.497 e. The molecule has 1 amide bonds. The average Bonchev–Trinajstić information content (AvgIpc) is 2.62. The van der Waals surface area contributed by atoms with Crippen molar-refractivity contribution < 1.29 is 9.53 Å². The number of hydrogen-bond acceptors (Lipinski definition) is 4. The number of carbonyl (C=O) groups is 1. The van der Waals surface area contributed by atoms with Crippen molar-refractivity contribution in [2.24, 2.45) is 0 Å². The maximum Gasteiger partial charge on any atom is 0.253 e. The molecular formula is C17H18BrN3O2. The molecule has 1 fully saturated rings.